The number of ketones is 1. The Balaban J connectivity index is 3.34. The van der Waals surface area contributed by atoms with Gasteiger partial charge in [-0.25, -0.2) is 0 Å². The second-order valence-corrected chi connectivity index (χ2v) is 3.84. The Bertz CT molecular complexity index is 97.0. The van der Waals surface area contributed by atoms with Crippen LogP contribution in [0, 0.1) is 0 Å². The van der Waals surface area contributed by atoms with Gasteiger partial charge < -0.3 is 0 Å². The van der Waals surface area contributed by atoms with Gasteiger partial charge in [-0.1, -0.05) is 31.9 Å². The van der Waals surface area contributed by atoms with Crippen LogP contribution in [0.1, 0.15) is 6.42 Å². The van der Waals surface area contributed by atoms with Crippen LogP contribution >= 0.6 is 43.5 Å². The molecule has 0 aromatic heterocycles. The summed E-state index contributed by atoms with van der Waals surface area (Å²) in [7, 11) is 0. The summed E-state index contributed by atoms with van der Waals surface area (Å²) >= 11 is 11.8. The first kappa shape index (κ1) is 9.92. The standard InChI is InChI=1S/C5H7Br2ClO/c6-2-4(7)1-5(9)3-8/h4H,1-3H2. The molecule has 0 rings (SSSR count). The van der Waals surface area contributed by atoms with Gasteiger partial charge in [-0.3, -0.25) is 4.79 Å². The molecule has 0 amide bonds. The minimum atomic E-state index is 0.0815. The Morgan fingerprint density at radius 2 is 2.22 bits per heavy atom. The topological polar surface area (TPSA) is 17.1 Å². The number of halogens is 3. The maximum Gasteiger partial charge on any atom is 0.148 e. The lowest BCUT2D eigenvalue weighted by Crippen LogP contribution is -2.09. The van der Waals surface area contributed by atoms with Crippen molar-refractivity contribution in [2.45, 2.75) is 11.2 Å². The molecule has 54 valence electrons. The molecule has 0 N–H and O–H groups in total. The molecule has 4 heteroatoms. The lowest BCUT2D eigenvalue weighted by molar-refractivity contribution is -0.116. The van der Waals surface area contributed by atoms with Crippen molar-refractivity contribution in [2.24, 2.45) is 0 Å². The molecule has 0 aliphatic heterocycles. The van der Waals surface area contributed by atoms with Gasteiger partial charge in [0, 0.05) is 16.6 Å². The van der Waals surface area contributed by atoms with E-state index in [2.05, 4.69) is 31.9 Å². The molecule has 1 unspecified atom stereocenters. The number of Topliss-reactive ketones (excluding diaryl/α,β-unsaturated/α-hetero) is 1. The van der Waals surface area contributed by atoms with E-state index in [0.717, 1.165) is 5.33 Å². The van der Waals surface area contributed by atoms with Crippen molar-refractivity contribution < 1.29 is 4.79 Å². The van der Waals surface area contributed by atoms with Gasteiger partial charge >= 0.3 is 0 Å². The summed E-state index contributed by atoms with van der Waals surface area (Å²) in [6.07, 6.45) is 0.509. The van der Waals surface area contributed by atoms with Crippen LogP contribution in [0.25, 0.3) is 0 Å². The highest BCUT2D eigenvalue weighted by Gasteiger charge is 2.06. The van der Waals surface area contributed by atoms with E-state index in [0.29, 0.717) is 6.42 Å². The highest BCUT2D eigenvalue weighted by atomic mass is 79.9. The molecule has 0 aliphatic carbocycles. The molecule has 0 aliphatic rings. The van der Waals surface area contributed by atoms with E-state index in [-0.39, 0.29) is 16.5 Å². The zero-order valence-electron chi connectivity index (χ0n) is 4.74. The SMILES string of the molecule is O=C(CCl)CC(Br)CBr. The number of carbonyl (C=O) groups is 1. The second-order valence-electron chi connectivity index (χ2n) is 1.63. The fraction of sp³-hybridized carbons (Fsp3) is 0.800. The predicted octanol–water partition coefficient (Wildman–Crippen LogP) is 2.34. The second kappa shape index (κ2) is 5.69. The maximum atomic E-state index is 10.6. The third kappa shape index (κ3) is 5.37. The van der Waals surface area contributed by atoms with Crippen LogP contribution in [0.5, 0.6) is 0 Å². The summed E-state index contributed by atoms with van der Waals surface area (Å²) in [6, 6.07) is 0. The first-order chi connectivity index (χ1) is 4.20. The summed E-state index contributed by atoms with van der Waals surface area (Å²) in [5, 5.41) is 0.787. The van der Waals surface area contributed by atoms with Crippen LogP contribution in [0.15, 0.2) is 0 Å². The smallest absolute Gasteiger partial charge is 0.148 e. The number of alkyl halides is 3. The number of hydrogen-bond donors (Lipinski definition) is 0. The van der Waals surface area contributed by atoms with E-state index < -0.39 is 0 Å². The molecule has 1 nitrogen and oxygen atoms in total. The predicted molar refractivity (Wildman–Crippen MR) is 46.9 cm³/mol. The Kier molecular flexibility index (Phi) is 6.27. The van der Waals surface area contributed by atoms with Crippen molar-refractivity contribution in [3.8, 4) is 0 Å². The number of hydrogen-bond acceptors (Lipinski definition) is 1. The van der Waals surface area contributed by atoms with Crippen LogP contribution in [-0.4, -0.2) is 21.8 Å². The van der Waals surface area contributed by atoms with Crippen LogP contribution in [-0.2, 0) is 4.79 Å². The third-order valence-electron chi connectivity index (χ3n) is 0.766. The van der Waals surface area contributed by atoms with Crippen molar-refractivity contribution in [3.63, 3.8) is 0 Å². The normalized spacial score (nSPS) is 13.2. The van der Waals surface area contributed by atoms with Gasteiger partial charge in [0.1, 0.15) is 5.78 Å². The van der Waals surface area contributed by atoms with E-state index in [1.165, 1.54) is 0 Å². The third-order valence-corrected chi connectivity index (χ3v) is 3.36. The van der Waals surface area contributed by atoms with E-state index in [1.807, 2.05) is 0 Å². The summed E-state index contributed by atoms with van der Waals surface area (Å²) < 4.78 is 0. The van der Waals surface area contributed by atoms with Crippen molar-refractivity contribution >= 4 is 49.2 Å². The van der Waals surface area contributed by atoms with Crippen molar-refractivity contribution in [3.05, 3.63) is 0 Å². The lowest BCUT2D eigenvalue weighted by Gasteiger charge is -2.00. The fourth-order valence-corrected chi connectivity index (χ4v) is 1.06. The molecule has 0 aromatic carbocycles. The van der Waals surface area contributed by atoms with Crippen molar-refractivity contribution in [1.29, 1.82) is 0 Å². The van der Waals surface area contributed by atoms with Crippen molar-refractivity contribution in [2.75, 3.05) is 11.2 Å². The molecular formula is C5H7Br2ClO. The molecular weight excluding hydrogens is 271 g/mol. The molecule has 0 aromatic rings. The number of rotatable bonds is 4. The van der Waals surface area contributed by atoms with Gasteiger partial charge in [0.05, 0.1) is 5.88 Å². The van der Waals surface area contributed by atoms with E-state index in [9.17, 15) is 4.79 Å². The van der Waals surface area contributed by atoms with Crippen LogP contribution in [0.2, 0.25) is 0 Å². The Morgan fingerprint density at radius 1 is 1.67 bits per heavy atom. The fourth-order valence-electron chi connectivity index (χ4n) is 0.356. The summed E-state index contributed by atoms with van der Waals surface area (Å²) in [5.41, 5.74) is 0. The zero-order chi connectivity index (χ0) is 7.28. The summed E-state index contributed by atoms with van der Waals surface area (Å²) in [4.78, 5) is 10.8. The monoisotopic (exact) mass is 276 g/mol. The molecule has 0 heterocycles. The average Bonchev–Trinajstić information content (AvgIpc) is 1.87. The highest BCUT2D eigenvalue weighted by molar-refractivity contribution is 9.12. The highest BCUT2D eigenvalue weighted by Crippen LogP contribution is 2.08. The van der Waals surface area contributed by atoms with Gasteiger partial charge in [-0.15, -0.1) is 11.6 Å². The minimum absolute atomic E-state index is 0.0815. The average molecular weight is 278 g/mol. The largest absolute Gasteiger partial charge is 0.298 e. The zero-order valence-corrected chi connectivity index (χ0v) is 8.67. The Hall–Kier alpha value is 0.920. The molecule has 0 radical (unpaired) electrons. The van der Waals surface area contributed by atoms with Crippen LogP contribution < -0.4 is 0 Å². The quantitative estimate of drug-likeness (QED) is 0.721. The molecule has 9 heavy (non-hydrogen) atoms. The molecule has 1 atom stereocenters. The van der Waals surface area contributed by atoms with E-state index >= 15 is 0 Å². The van der Waals surface area contributed by atoms with Gasteiger partial charge in [0.15, 0.2) is 0 Å². The van der Waals surface area contributed by atoms with E-state index in [4.69, 9.17) is 11.6 Å². The summed E-state index contributed by atoms with van der Waals surface area (Å²) in [5.74, 6) is 0.202. The first-order valence-electron chi connectivity index (χ1n) is 2.48. The number of carbonyl (C=O) groups excluding carboxylic acids is 1. The Labute approximate surface area is 76.4 Å². The Morgan fingerprint density at radius 3 is 2.56 bits per heavy atom. The van der Waals surface area contributed by atoms with Gasteiger partial charge in [-0.2, -0.15) is 0 Å². The minimum Gasteiger partial charge on any atom is -0.298 e. The molecule has 0 fully saturated rings. The molecule has 0 saturated heterocycles. The maximum absolute atomic E-state index is 10.6. The van der Waals surface area contributed by atoms with Crippen LogP contribution in [0.4, 0.5) is 0 Å². The van der Waals surface area contributed by atoms with Gasteiger partial charge in [0.25, 0.3) is 0 Å². The molecule has 0 spiro atoms. The van der Waals surface area contributed by atoms with E-state index in [1.54, 1.807) is 0 Å². The van der Waals surface area contributed by atoms with Gasteiger partial charge in [0.2, 0.25) is 0 Å². The molecule has 0 bridgehead atoms. The first-order valence-corrected chi connectivity index (χ1v) is 5.05. The van der Waals surface area contributed by atoms with Crippen LogP contribution in [0.3, 0.4) is 0 Å². The molecule has 0 saturated carbocycles. The van der Waals surface area contributed by atoms with Gasteiger partial charge in [-0.05, 0) is 0 Å². The summed E-state index contributed by atoms with van der Waals surface area (Å²) in [6.45, 7) is 0. The lowest BCUT2D eigenvalue weighted by atomic mass is 10.2. The van der Waals surface area contributed by atoms with Crippen molar-refractivity contribution in [1.82, 2.24) is 0 Å².